The number of amides is 2. The molecule has 4 nitrogen and oxygen atoms in total. The Balaban J connectivity index is 1.43. The third-order valence-electron chi connectivity index (χ3n) is 6.14. The lowest BCUT2D eigenvalue weighted by Crippen LogP contribution is -2.30. The van der Waals surface area contributed by atoms with Crippen molar-refractivity contribution in [3.63, 3.8) is 0 Å². The number of hydrogen-bond donors (Lipinski definition) is 0. The highest BCUT2D eigenvalue weighted by Crippen LogP contribution is 2.33. The van der Waals surface area contributed by atoms with Crippen molar-refractivity contribution < 1.29 is 9.59 Å². The predicted molar refractivity (Wildman–Crippen MR) is 127 cm³/mol. The Morgan fingerprint density at radius 3 is 2.47 bits per heavy atom. The summed E-state index contributed by atoms with van der Waals surface area (Å²) in [5.74, 6) is -0.378. The molecule has 0 bridgehead atoms. The number of likely N-dealkylation sites (tertiary alicyclic amines) is 1. The van der Waals surface area contributed by atoms with Gasteiger partial charge < -0.3 is 4.90 Å². The lowest BCUT2D eigenvalue weighted by Gasteiger charge is -2.32. The van der Waals surface area contributed by atoms with Crippen molar-refractivity contribution in [2.75, 3.05) is 11.4 Å². The summed E-state index contributed by atoms with van der Waals surface area (Å²) in [6.07, 6.45) is 2.94. The van der Waals surface area contributed by atoms with Gasteiger partial charge in [0, 0.05) is 29.4 Å². The molecule has 32 heavy (non-hydrogen) atoms. The quantitative estimate of drug-likeness (QED) is 0.409. The van der Waals surface area contributed by atoms with Crippen LogP contribution in [-0.4, -0.2) is 23.3 Å². The van der Waals surface area contributed by atoms with Crippen molar-refractivity contribution in [1.29, 1.82) is 0 Å². The smallest absolute Gasteiger partial charge is 0.257 e. The topological polar surface area (TPSA) is 40.6 Å². The zero-order chi connectivity index (χ0) is 22.1. The summed E-state index contributed by atoms with van der Waals surface area (Å²) in [5.41, 5.74) is 6.03. The molecule has 0 N–H and O–H groups in total. The van der Waals surface area contributed by atoms with E-state index < -0.39 is 0 Å². The zero-order valence-electron chi connectivity index (χ0n) is 17.6. The molecule has 2 amide bonds. The van der Waals surface area contributed by atoms with Crippen LogP contribution in [0.4, 0.5) is 5.69 Å². The average Bonchev–Trinajstić information content (AvgIpc) is 3.08. The number of carbonyl (C=O) groups excluding carboxylic acids is 2. The Bertz CT molecular complexity index is 1220. The van der Waals surface area contributed by atoms with Crippen LogP contribution in [0.1, 0.15) is 28.7 Å². The van der Waals surface area contributed by atoms with E-state index in [4.69, 9.17) is 11.6 Å². The fraction of sp³-hybridized carbons (Fsp3) is 0.185. The van der Waals surface area contributed by atoms with E-state index in [9.17, 15) is 9.59 Å². The lowest BCUT2D eigenvalue weighted by atomic mass is 9.98. The number of hydrogen-bond acceptors (Lipinski definition) is 3. The van der Waals surface area contributed by atoms with Crippen molar-refractivity contribution in [2.45, 2.75) is 25.9 Å². The minimum absolute atomic E-state index is 0.122. The molecule has 3 aromatic carbocycles. The van der Waals surface area contributed by atoms with Gasteiger partial charge in [0.05, 0.1) is 13.0 Å². The number of carbonyl (C=O) groups is 2. The molecule has 1 fully saturated rings. The SMILES string of the molecule is O=C1C/C(=C\c2ccc(Cl)cc2N2CCc3ccccc3C2)C(=O)N1Cc1ccccc1. The number of halogens is 1. The van der Waals surface area contributed by atoms with Crippen LogP contribution in [-0.2, 0) is 29.1 Å². The van der Waals surface area contributed by atoms with Crippen molar-refractivity contribution in [3.05, 3.63) is 106 Å². The molecule has 160 valence electrons. The maximum Gasteiger partial charge on any atom is 0.257 e. The van der Waals surface area contributed by atoms with E-state index >= 15 is 0 Å². The summed E-state index contributed by atoms with van der Waals surface area (Å²) in [5, 5.41) is 0.653. The number of imide groups is 1. The minimum Gasteiger partial charge on any atom is -0.366 e. The van der Waals surface area contributed by atoms with E-state index in [0.29, 0.717) is 17.1 Å². The van der Waals surface area contributed by atoms with Crippen LogP contribution in [0.5, 0.6) is 0 Å². The molecule has 0 spiro atoms. The second kappa shape index (κ2) is 8.64. The predicted octanol–water partition coefficient (Wildman–Crippen LogP) is 5.25. The van der Waals surface area contributed by atoms with Crippen LogP contribution in [0.3, 0.4) is 0 Å². The summed E-state index contributed by atoms with van der Waals surface area (Å²) >= 11 is 6.34. The molecule has 3 aromatic rings. The summed E-state index contributed by atoms with van der Waals surface area (Å²) in [4.78, 5) is 29.3. The molecule has 5 heteroatoms. The fourth-order valence-electron chi connectivity index (χ4n) is 4.46. The zero-order valence-corrected chi connectivity index (χ0v) is 18.4. The van der Waals surface area contributed by atoms with Crippen LogP contribution in [0.15, 0.2) is 78.4 Å². The van der Waals surface area contributed by atoms with Crippen molar-refractivity contribution in [2.24, 2.45) is 0 Å². The molecular formula is C27H23ClN2O2. The van der Waals surface area contributed by atoms with Gasteiger partial charge in [0.2, 0.25) is 5.91 Å². The first-order valence-electron chi connectivity index (χ1n) is 10.8. The first kappa shape index (κ1) is 20.5. The summed E-state index contributed by atoms with van der Waals surface area (Å²) < 4.78 is 0. The minimum atomic E-state index is -0.219. The van der Waals surface area contributed by atoms with E-state index in [1.54, 1.807) is 0 Å². The molecule has 1 saturated heterocycles. The summed E-state index contributed by atoms with van der Waals surface area (Å²) in [7, 11) is 0. The monoisotopic (exact) mass is 442 g/mol. The molecule has 2 heterocycles. The number of nitrogens with zero attached hydrogens (tertiary/aromatic N) is 2. The maximum atomic E-state index is 13.0. The van der Waals surface area contributed by atoms with Crippen LogP contribution in [0, 0.1) is 0 Å². The first-order chi connectivity index (χ1) is 15.6. The van der Waals surface area contributed by atoms with Gasteiger partial charge in [-0.1, -0.05) is 72.3 Å². The first-order valence-corrected chi connectivity index (χ1v) is 11.2. The van der Waals surface area contributed by atoms with Gasteiger partial charge in [-0.15, -0.1) is 0 Å². The van der Waals surface area contributed by atoms with Crippen molar-refractivity contribution in [1.82, 2.24) is 4.90 Å². The van der Waals surface area contributed by atoms with E-state index in [1.807, 2.05) is 54.6 Å². The molecule has 0 saturated carbocycles. The number of rotatable bonds is 4. The van der Waals surface area contributed by atoms with Gasteiger partial charge >= 0.3 is 0 Å². The number of benzene rings is 3. The van der Waals surface area contributed by atoms with Gasteiger partial charge in [0.25, 0.3) is 5.91 Å². The molecule has 2 aliphatic heterocycles. The molecule has 0 atom stereocenters. The summed E-state index contributed by atoms with van der Waals surface area (Å²) in [6, 6.07) is 23.8. The molecule has 5 rings (SSSR count). The molecular weight excluding hydrogens is 420 g/mol. The van der Waals surface area contributed by atoms with E-state index in [1.165, 1.54) is 16.0 Å². The Morgan fingerprint density at radius 1 is 0.906 bits per heavy atom. The second-order valence-corrected chi connectivity index (χ2v) is 8.70. The molecule has 0 aromatic heterocycles. The normalized spacial score (nSPS) is 17.2. The summed E-state index contributed by atoms with van der Waals surface area (Å²) in [6.45, 7) is 1.96. The van der Waals surface area contributed by atoms with Crippen molar-refractivity contribution >= 4 is 35.2 Å². The van der Waals surface area contributed by atoms with Gasteiger partial charge in [-0.25, -0.2) is 0 Å². The van der Waals surface area contributed by atoms with E-state index in [0.717, 1.165) is 36.3 Å². The van der Waals surface area contributed by atoms with Crippen LogP contribution >= 0.6 is 11.6 Å². The Kier molecular flexibility index (Phi) is 5.54. The van der Waals surface area contributed by atoms with Gasteiger partial charge in [-0.2, -0.15) is 0 Å². The largest absolute Gasteiger partial charge is 0.366 e. The molecule has 2 aliphatic rings. The van der Waals surface area contributed by atoms with E-state index in [2.05, 4.69) is 29.2 Å². The lowest BCUT2D eigenvalue weighted by molar-refractivity contribution is -0.138. The maximum absolute atomic E-state index is 13.0. The Morgan fingerprint density at radius 2 is 1.66 bits per heavy atom. The van der Waals surface area contributed by atoms with Crippen LogP contribution in [0.25, 0.3) is 6.08 Å². The highest BCUT2D eigenvalue weighted by atomic mass is 35.5. The Labute approximate surface area is 192 Å². The van der Waals surface area contributed by atoms with E-state index in [-0.39, 0.29) is 18.2 Å². The van der Waals surface area contributed by atoms with Gasteiger partial charge in [0.1, 0.15) is 0 Å². The Hall–Kier alpha value is -3.37. The third-order valence-corrected chi connectivity index (χ3v) is 6.37. The molecule has 0 aliphatic carbocycles. The number of anilines is 1. The molecule has 0 unspecified atom stereocenters. The third kappa shape index (κ3) is 4.06. The average molecular weight is 443 g/mol. The second-order valence-electron chi connectivity index (χ2n) is 8.26. The molecule has 0 radical (unpaired) electrons. The van der Waals surface area contributed by atoms with Gasteiger partial charge in [-0.3, -0.25) is 14.5 Å². The highest BCUT2D eigenvalue weighted by Gasteiger charge is 2.34. The van der Waals surface area contributed by atoms with Gasteiger partial charge in [0.15, 0.2) is 0 Å². The number of fused-ring (bicyclic) bond motifs is 1. The van der Waals surface area contributed by atoms with Crippen LogP contribution in [0.2, 0.25) is 5.02 Å². The fourth-order valence-corrected chi connectivity index (χ4v) is 4.63. The van der Waals surface area contributed by atoms with Crippen molar-refractivity contribution in [3.8, 4) is 0 Å². The highest BCUT2D eigenvalue weighted by molar-refractivity contribution is 6.31. The standard InChI is InChI=1S/C27H23ClN2O2/c28-24-11-10-21(25(16-24)29-13-12-20-8-4-5-9-22(20)18-29)14-23-15-26(31)30(27(23)32)17-19-6-2-1-3-7-19/h1-11,14,16H,12-13,15,17-18H2/b23-14+. The van der Waals surface area contributed by atoms with Gasteiger partial charge in [-0.05, 0) is 46.9 Å². The van der Waals surface area contributed by atoms with Crippen LogP contribution < -0.4 is 4.90 Å².